The number of pyridine rings is 1. The zero-order valence-corrected chi connectivity index (χ0v) is 15.4. The fourth-order valence-corrected chi connectivity index (χ4v) is 3.41. The number of rotatable bonds is 6. The molecule has 26 heavy (non-hydrogen) atoms. The first-order chi connectivity index (χ1) is 12.6. The number of benzene rings is 2. The summed E-state index contributed by atoms with van der Waals surface area (Å²) in [5, 5.41) is 12.3. The molecule has 0 spiro atoms. The van der Waals surface area contributed by atoms with Crippen molar-refractivity contribution in [1.29, 1.82) is 0 Å². The van der Waals surface area contributed by atoms with Crippen LogP contribution in [-0.2, 0) is 11.3 Å². The van der Waals surface area contributed by atoms with E-state index in [4.69, 9.17) is 0 Å². The Kier molecular flexibility index (Phi) is 5.92. The minimum atomic E-state index is -0.0340. The first-order valence-corrected chi connectivity index (χ1v) is 9.34. The summed E-state index contributed by atoms with van der Waals surface area (Å²) >= 11 is 1.25. The summed E-state index contributed by atoms with van der Waals surface area (Å²) in [6, 6.07) is 23.0. The minimum Gasteiger partial charge on any atom is -0.618 e. The van der Waals surface area contributed by atoms with Crippen LogP contribution in [0.15, 0.2) is 84.0 Å². The Morgan fingerprint density at radius 3 is 2.54 bits per heavy atom. The molecule has 3 aromatic rings. The Hall–Kier alpha value is -2.79. The molecule has 0 saturated heterocycles. The zero-order valence-electron chi connectivity index (χ0n) is 14.5. The van der Waals surface area contributed by atoms with Crippen LogP contribution in [0.25, 0.3) is 0 Å². The number of nitrogens with zero attached hydrogens (tertiary/aromatic N) is 2. The van der Waals surface area contributed by atoms with Crippen molar-refractivity contribution in [1.82, 2.24) is 0 Å². The van der Waals surface area contributed by atoms with E-state index in [-0.39, 0.29) is 11.7 Å². The van der Waals surface area contributed by atoms with Crippen LogP contribution in [0.5, 0.6) is 0 Å². The van der Waals surface area contributed by atoms with Gasteiger partial charge in [-0.1, -0.05) is 42.5 Å². The van der Waals surface area contributed by atoms with Crippen molar-refractivity contribution in [3.05, 3.63) is 95.3 Å². The van der Waals surface area contributed by atoms with Crippen molar-refractivity contribution in [2.75, 3.05) is 10.7 Å². The van der Waals surface area contributed by atoms with Gasteiger partial charge in [0.1, 0.15) is 0 Å². The molecule has 132 valence electrons. The number of aromatic nitrogens is 1. The Labute approximate surface area is 157 Å². The third kappa shape index (κ3) is 4.64. The summed E-state index contributed by atoms with van der Waals surface area (Å²) in [5.41, 5.74) is 3.02. The van der Waals surface area contributed by atoms with Crippen LogP contribution in [-0.4, -0.2) is 11.7 Å². The third-order valence-electron chi connectivity index (χ3n) is 3.93. The van der Waals surface area contributed by atoms with Crippen LogP contribution in [0.3, 0.4) is 0 Å². The fraction of sp³-hybridized carbons (Fsp3) is 0.143. The molecule has 2 aromatic carbocycles. The van der Waals surface area contributed by atoms with Crippen molar-refractivity contribution < 1.29 is 9.52 Å². The van der Waals surface area contributed by atoms with Crippen molar-refractivity contribution >= 4 is 23.4 Å². The van der Waals surface area contributed by atoms with Gasteiger partial charge in [-0.2, -0.15) is 4.73 Å². The molecule has 1 heterocycles. The monoisotopic (exact) mass is 364 g/mol. The summed E-state index contributed by atoms with van der Waals surface area (Å²) < 4.78 is 0.784. The van der Waals surface area contributed by atoms with E-state index in [1.54, 1.807) is 23.1 Å². The van der Waals surface area contributed by atoms with E-state index in [1.165, 1.54) is 18.0 Å². The maximum atomic E-state index is 12.9. The lowest BCUT2D eigenvalue weighted by molar-refractivity contribution is -0.645. The molecule has 0 aliphatic rings. The molecule has 0 N–H and O–H groups in total. The Balaban J connectivity index is 1.80. The van der Waals surface area contributed by atoms with Crippen molar-refractivity contribution in [2.45, 2.75) is 18.5 Å². The Morgan fingerprint density at radius 1 is 1.04 bits per heavy atom. The Bertz CT molecular complexity index is 884. The second kappa shape index (κ2) is 8.54. The molecule has 1 amide bonds. The van der Waals surface area contributed by atoms with E-state index in [1.807, 2.05) is 61.5 Å². The van der Waals surface area contributed by atoms with E-state index in [2.05, 4.69) is 0 Å². The highest BCUT2D eigenvalue weighted by Gasteiger charge is 2.18. The molecule has 1 aromatic heterocycles. The first kappa shape index (κ1) is 18.0. The largest absolute Gasteiger partial charge is 0.618 e. The van der Waals surface area contributed by atoms with Crippen LogP contribution in [0.2, 0.25) is 0 Å². The Morgan fingerprint density at radius 2 is 1.81 bits per heavy atom. The molecule has 0 radical (unpaired) electrons. The summed E-state index contributed by atoms with van der Waals surface area (Å²) in [6.07, 6.45) is 1.44. The normalized spacial score (nSPS) is 10.5. The number of hydrogen-bond donors (Lipinski definition) is 0. The number of thioether (sulfide) groups is 1. The smallest absolute Gasteiger partial charge is 0.251 e. The van der Waals surface area contributed by atoms with Gasteiger partial charge in [0.15, 0.2) is 6.20 Å². The fourth-order valence-electron chi connectivity index (χ4n) is 2.62. The average molecular weight is 364 g/mol. The standard InChI is InChI=1S/C21H20N2O2S/c1-17-8-7-11-19(14-17)22(15-18-9-3-2-4-10-18)20(24)16-26-21-12-5-6-13-23(21)25/h2-14H,15-16H2,1H3. The van der Waals surface area contributed by atoms with E-state index in [0.717, 1.165) is 21.5 Å². The molecular formula is C21H20N2O2S. The molecule has 4 nitrogen and oxygen atoms in total. The van der Waals surface area contributed by atoms with Crippen molar-refractivity contribution in [3.63, 3.8) is 0 Å². The predicted molar refractivity (Wildman–Crippen MR) is 105 cm³/mol. The van der Waals surface area contributed by atoms with Crippen LogP contribution >= 0.6 is 11.8 Å². The molecule has 0 atom stereocenters. The molecule has 0 bridgehead atoms. The highest BCUT2D eigenvalue weighted by Crippen LogP contribution is 2.22. The molecular weight excluding hydrogens is 344 g/mol. The maximum absolute atomic E-state index is 12.9. The second-order valence-corrected chi connectivity index (χ2v) is 6.95. The van der Waals surface area contributed by atoms with Crippen LogP contribution in [0.1, 0.15) is 11.1 Å². The number of anilines is 1. The molecule has 3 rings (SSSR count). The van der Waals surface area contributed by atoms with Gasteiger partial charge in [-0.25, -0.2) is 0 Å². The molecule has 0 saturated carbocycles. The zero-order chi connectivity index (χ0) is 18.4. The third-order valence-corrected chi connectivity index (χ3v) is 4.93. The van der Waals surface area contributed by atoms with Gasteiger partial charge >= 0.3 is 0 Å². The van der Waals surface area contributed by atoms with Gasteiger partial charge in [0.25, 0.3) is 5.03 Å². The SMILES string of the molecule is Cc1cccc(N(Cc2ccccc2)C(=O)CSc2cccc[n+]2[O-])c1. The van der Waals surface area contributed by atoms with E-state index < -0.39 is 0 Å². The van der Waals surface area contributed by atoms with Gasteiger partial charge in [-0.05, 0) is 48.0 Å². The molecule has 0 unspecified atom stereocenters. The van der Waals surface area contributed by atoms with Gasteiger partial charge in [0, 0.05) is 17.8 Å². The van der Waals surface area contributed by atoms with Gasteiger partial charge in [0.05, 0.1) is 12.3 Å². The van der Waals surface area contributed by atoms with Gasteiger partial charge in [0.2, 0.25) is 5.91 Å². The molecule has 0 aliphatic heterocycles. The van der Waals surface area contributed by atoms with E-state index in [0.29, 0.717) is 11.6 Å². The molecule has 5 heteroatoms. The van der Waals surface area contributed by atoms with Crippen LogP contribution in [0, 0.1) is 12.1 Å². The lowest BCUT2D eigenvalue weighted by Gasteiger charge is -2.23. The summed E-state index contributed by atoms with van der Waals surface area (Å²) in [6.45, 7) is 2.50. The van der Waals surface area contributed by atoms with Crippen molar-refractivity contribution in [3.8, 4) is 0 Å². The summed E-state index contributed by atoms with van der Waals surface area (Å²) in [5.74, 6) is 0.167. The first-order valence-electron chi connectivity index (χ1n) is 8.35. The average Bonchev–Trinajstić information content (AvgIpc) is 2.66. The predicted octanol–water partition coefficient (Wildman–Crippen LogP) is 3.95. The van der Waals surface area contributed by atoms with Crippen molar-refractivity contribution in [2.24, 2.45) is 0 Å². The van der Waals surface area contributed by atoms with Gasteiger partial charge in [-0.3, -0.25) is 4.79 Å². The van der Waals surface area contributed by atoms with Crippen LogP contribution < -0.4 is 9.63 Å². The number of carbonyl (C=O) groups excluding carboxylic acids is 1. The highest BCUT2D eigenvalue weighted by molar-refractivity contribution is 7.99. The quantitative estimate of drug-likeness (QED) is 0.378. The van der Waals surface area contributed by atoms with Crippen LogP contribution in [0.4, 0.5) is 5.69 Å². The van der Waals surface area contributed by atoms with Gasteiger partial charge < -0.3 is 10.1 Å². The lowest BCUT2D eigenvalue weighted by Crippen LogP contribution is -2.33. The van der Waals surface area contributed by atoms with Gasteiger partial charge in [-0.15, -0.1) is 0 Å². The highest BCUT2D eigenvalue weighted by atomic mass is 32.2. The summed E-state index contributed by atoms with van der Waals surface area (Å²) in [4.78, 5) is 14.7. The molecule has 0 aliphatic carbocycles. The molecule has 0 fully saturated rings. The van der Waals surface area contributed by atoms with E-state index in [9.17, 15) is 10.0 Å². The number of hydrogen-bond acceptors (Lipinski definition) is 3. The lowest BCUT2D eigenvalue weighted by atomic mass is 10.1. The minimum absolute atomic E-state index is 0.0340. The number of carbonyl (C=O) groups is 1. The number of aryl methyl sites for hydroxylation is 1. The second-order valence-electron chi connectivity index (χ2n) is 5.96. The van der Waals surface area contributed by atoms with E-state index >= 15 is 0 Å². The topological polar surface area (TPSA) is 47.2 Å². The number of amides is 1. The maximum Gasteiger partial charge on any atom is 0.251 e. The summed E-state index contributed by atoms with van der Waals surface area (Å²) in [7, 11) is 0.